The van der Waals surface area contributed by atoms with Crippen molar-refractivity contribution in [2.24, 2.45) is 0 Å². The first kappa shape index (κ1) is 19.7. The fourth-order valence-electron chi connectivity index (χ4n) is 2.83. The van der Waals surface area contributed by atoms with E-state index in [1.165, 1.54) is 11.1 Å². The van der Waals surface area contributed by atoms with Gasteiger partial charge in [-0.15, -0.1) is 0 Å². The number of nitrogens with zero attached hydrogens (tertiary/aromatic N) is 1. The highest BCUT2D eigenvalue weighted by Crippen LogP contribution is 2.24. The standard InChI is InChI=1S/C17H22N4O4S/c1-26(24,25)11-15(16(22)19-9-3-8-18)21-17(23)20-14-7-6-12-4-2-5-13(12)10-14/h6-7,10,15H,2-5,9,11H2,1H3,(H,19,22)(H2,20,21,23). The third kappa shape index (κ3) is 6.04. The van der Waals surface area contributed by atoms with Crippen LogP contribution in [-0.4, -0.2) is 45.0 Å². The van der Waals surface area contributed by atoms with Crippen LogP contribution in [0.25, 0.3) is 0 Å². The first-order valence-electron chi connectivity index (χ1n) is 8.30. The zero-order chi connectivity index (χ0) is 19.2. The Morgan fingerprint density at radius 3 is 2.69 bits per heavy atom. The maximum absolute atomic E-state index is 12.2. The van der Waals surface area contributed by atoms with Gasteiger partial charge >= 0.3 is 6.03 Å². The lowest BCUT2D eigenvalue weighted by Gasteiger charge is -2.18. The number of urea groups is 1. The molecule has 1 aliphatic rings. The summed E-state index contributed by atoms with van der Waals surface area (Å²) in [7, 11) is -3.49. The lowest BCUT2D eigenvalue weighted by molar-refractivity contribution is -0.122. The molecule has 1 aliphatic carbocycles. The summed E-state index contributed by atoms with van der Waals surface area (Å²) in [6.07, 6.45) is 4.16. The van der Waals surface area contributed by atoms with Gasteiger partial charge < -0.3 is 16.0 Å². The van der Waals surface area contributed by atoms with E-state index in [-0.39, 0.29) is 13.0 Å². The Hall–Kier alpha value is -2.60. The van der Waals surface area contributed by atoms with Gasteiger partial charge in [-0.3, -0.25) is 4.79 Å². The molecular weight excluding hydrogens is 356 g/mol. The quantitative estimate of drug-likeness (QED) is 0.603. The highest BCUT2D eigenvalue weighted by atomic mass is 32.2. The van der Waals surface area contributed by atoms with Crippen molar-refractivity contribution in [1.82, 2.24) is 10.6 Å². The van der Waals surface area contributed by atoms with Gasteiger partial charge in [0.05, 0.1) is 18.2 Å². The molecule has 9 heteroatoms. The maximum Gasteiger partial charge on any atom is 0.319 e. The first-order chi connectivity index (χ1) is 12.3. The Labute approximate surface area is 152 Å². The lowest BCUT2D eigenvalue weighted by Crippen LogP contribution is -2.51. The number of aryl methyl sites for hydroxylation is 2. The van der Waals surface area contributed by atoms with Crippen molar-refractivity contribution in [3.63, 3.8) is 0 Å². The van der Waals surface area contributed by atoms with Crippen molar-refractivity contribution in [2.75, 3.05) is 23.9 Å². The summed E-state index contributed by atoms with van der Waals surface area (Å²) in [5.41, 5.74) is 3.04. The predicted octanol–water partition coefficient (Wildman–Crippen LogP) is 0.740. The molecule has 1 unspecified atom stereocenters. The summed E-state index contributed by atoms with van der Waals surface area (Å²) >= 11 is 0. The van der Waals surface area contributed by atoms with Gasteiger partial charge in [-0.2, -0.15) is 5.26 Å². The van der Waals surface area contributed by atoms with Gasteiger partial charge in [-0.25, -0.2) is 13.2 Å². The molecule has 8 nitrogen and oxygen atoms in total. The van der Waals surface area contributed by atoms with Crippen LogP contribution in [0.5, 0.6) is 0 Å². The molecule has 26 heavy (non-hydrogen) atoms. The molecule has 0 aromatic heterocycles. The molecule has 0 saturated carbocycles. The van der Waals surface area contributed by atoms with Gasteiger partial charge in [0.15, 0.2) is 0 Å². The normalized spacial score (nSPS) is 14.0. The Kier molecular flexibility index (Phi) is 6.58. The highest BCUT2D eigenvalue weighted by Gasteiger charge is 2.25. The van der Waals surface area contributed by atoms with Crippen molar-refractivity contribution < 1.29 is 18.0 Å². The monoisotopic (exact) mass is 378 g/mol. The molecule has 140 valence electrons. The van der Waals surface area contributed by atoms with Crippen molar-refractivity contribution in [3.8, 4) is 6.07 Å². The van der Waals surface area contributed by atoms with Gasteiger partial charge in [0.1, 0.15) is 15.9 Å². The highest BCUT2D eigenvalue weighted by molar-refractivity contribution is 7.90. The van der Waals surface area contributed by atoms with E-state index >= 15 is 0 Å². The summed E-state index contributed by atoms with van der Waals surface area (Å²) in [5.74, 6) is -1.17. The number of anilines is 1. The lowest BCUT2D eigenvalue weighted by atomic mass is 10.1. The molecule has 0 saturated heterocycles. The molecule has 0 radical (unpaired) electrons. The van der Waals surface area contributed by atoms with E-state index in [2.05, 4.69) is 16.0 Å². The zero-order valence-electron chi connectivity index (χ0n) is 14.5. The molecule has 0 spiro atoms. The number of carbonyl (C=O) groups is 2. The number of fused-ring (bicyclic) bond motifs is 1. The average molecular weight is 378 g/mol. The van der Waals surface area contributed by atoms with Crippen molar-refractivity contribution in [3.05, 3.63) is 29.3 Å². The van der Waals surface area contributed by atoms with Gasteiger partial charge in [0.25, 0.3) is 0 Å². The van der Waals surface area contributed by atoms with E-state index in [1.807, 2.05) is 18.2 Å². The summed E-state index contributed by atoms with van der Waals surface area (Å²) in [6, 6.07) is 5.60. The Bertz CT molecular complexity index is 830. The number of amides is 3. The van der Waals surface area contributed by atoms with Gasteiger partial charge in [-0.05, 0) is 42.5 Å². The molecule has 0 fully saturated rings. The van der Waals surface area contributed by atoms with E-state index in [1.54, 1.807) is 6.07 Å². The fourth-order valence-corrected chi connectivity index (χ4v) is 3.67. The number of carbonyl (C=O) groups excluding carboxylic acids is 2. The minimum absolute atomic E-state index is 0.0870. The molecule has 1 atom stereocenters. The number of hydrogen-bond donors (Lipinski definition) is 3. The smallest absolute Gasteiger partial charge is 0.319 e. The Balaban J connectivity index is 2.00. The van der Waals surface area contributed by atoms with Crippen LogP contribution >= 0.6 is 0 Å². The molecular formula is C17H22N4O4S. The van der Waals surface area contributed by atoms with Crippen LogP contribution in [0.2, 0.25) is 0 Å². The predicted molar refractivity (Wildman–Crippen MR) is 97.4 cm³/mol. The molecule has 3 N–H and O–H groups in total. The van der Waals surface area contributed by atoms with Gasteiger partial charge in [0.2, 0.25) is 5.91 Å². The SMILES string of the molecule is CS(=O)(=O)CC(NC(=O)Nc1ccc2c(c1)CCC2)C(=O)NCCC#N. The summed E-state index contributed by atoms with van der Waals surface area (Å²) in [6.45, 7) is 0.0870. The molecule has 0 heterocycles. The molecule has 1 aromatic carbocycles. The van der Waals surface area contributed by atoms with Crippen molar-refractivity contribution >= 4 is 27.5 Å². The number of hydrogen-bond acceptors (Lipinski definition) is 5. The third-order valence-corrected chi connectivity index (χ3v) is 4.92. The third-order valence-electron chi connectivity index (χ3n) is 3.98. The van der Waals surface area contributed by atoms with Crippen LogP contribution in [0.3, 0.4) is 0 Å². The first-order valence-corrected chi connectivity index (χ1v) is 10.4. The Morgan fingerprint density at radius 1 is 1.27 bits per heavy atom. The molecule has 1 aromatic rings. The number of nitriles is 1. The van der Waals surface area contributed by atoms with E-state index in [0.717, 1.165) is 25.5 Å². The zero-order valence-corrected chi connectivity index (χ0v) is 15.4. The van der Waals surface area contributed by atoms with Crippen molar-refractivity contribution in [1.29, 1.82) is 5.26 Å². The van der Waals surface area contributed by atoms with E-state index in [9.17, 15) is 18.0 Å². The second kappa shape index (κ2) is 8.67. The van der Waals surface area contributed by atoms with Gasteiger partial charge in [0, 0.05) is 18.5 Å². The van der Waals surface area contributed by atoms with Crippen LogP contribution < -0.4 is 16.0 Å². The molecule has 0 bridgehead atoms. The van der Waals surface area contributed by atoms with Crippen LogP contribution in [-0.2, 0) is 27.5 Å². The topological polar surface area (TPSA) is 128 Å². The van der Waals surface area contributed by atoms with E-state index in [0.29, 0.717) is 5.69 Å². The van der Waals surface area contributed by atoms with Crippen LogP contribution in [0.15, 0.2) is 18.2 Å². The Morgan fingerprint density at radius 2 is 2.00 bits per heavy atom. The number of nitrogens with one attached hydrogen (secondary N) is 3. The molecule has 2 rings (SSSR count). The maximum atomic E-state index is 12.2. The molecule has 3 amide bonds. The van der Waals surface area contributed by atoms with E-state index < -0.39 is 33.6 Å². The number of rotatable bonds is 7. The van der Waals surface area contributed by atoms with Crippen molar-refractivity contribution in [2.45, 2.75) is 31.7 Å². The second-order valence-electron chi connectivity index (χ2n) is 6.28. The summed E-state index contributed by atoms with van der Waals surface area (Å²) in [4.78, 5) is 24.3. The number of benzene rings is 1. The fraction of sp³-hybridized carbons (Fsp3) is 0.471. The van der Waals surface area contributed by atoms with E-state index in [4.69, 9.17) is 5.26 Å². The summed E-state index contributed by atoms with van der Waals surface area (Å²) in [5, 5.41) is 16.0. The van der Waals surface area contributed by atoms with Crippen LogP contribution in [0.1, 0.15) is 24.0 Å². The second-order valence-corrected chi connectivity index (χ2v) is 8.46. The minimum atomic E-state index is -3.49. The van der Waals surface area contributed by atoms with Crippen LogP contribution in [0.4, 0.5) is 10.5 Å². The largest absolute Gasteiger partial charge is 0.353 e. The van der Waals surface area contributed by atoms with Crippen LogP contribution in [0, 0.1) is 11.3 Å². The molecule has 0 aliphatic heterocycles. The average Bonchev–Trinajstić information content (AvgIpc) is 3.00. The number of sulfone groups is 1. The minimum Gasteiger partial charge on any atom is -0.353 e. The van der Waals surface area contributed by atoms with Gasteiger partial charge in [-0.1, -0.05) is 6.07 Å². The summed E-state index contributed by atoms with van der Waals surface area (Å²) < 4.78 is 23.1.